The van der Waals surface area contributed by atoms with E-state index in [1.807, 2.05) is 12.1 Å². The number of carbonyl (C=O) groups excluding carboxylic acids is 1. The van der Waals surface area contributed by atoms with Gasteiger partial charge in [0.25, 0.3) is 0 Å². The van der Waals surface area contributed by atoms with E-state index in [0.29, 0.717) is 26.7 Å². The predicted octanol–water partition coefficient (Wildman–Crippen LogP) is 5.81. The minimum Gasteiger partial charge on any atom is -0.324 e. The van der Waals surface area contributed by atoms with E-state index in [4.69, 9.17) is 23.2 Å². The van der Waals surface area contributed by atoms with E-state index in [9.17, 15) is 4.79 Å². The Labute approximate surface area is 178 Å². The van der Waals surface area contributed by atoms with Crippen molar-refractivity contribution in [1.82, 2.24) is 15.2 Å². The number of rotatable bonds is 5. The van der Waals surface area contributed by atoms with Crippen LogP contribution in [0.15, 0.2) is 47.6 Å². The fourth-order valence-electron chi connectivity index (χ4n) is 2.48. The SMILES string of the molecule is CC(C)(C)c1ccc(-c2nc(SCC(=O)Nc3cccc(Cl)c3Cl)n[nH]2)cc1. The zero-order valence-corrected chi connectivity index (χ0v) is 18.0. The smallest absolute Gasteiger partial charge is 0.234 e. The molecule has 2 aromatic carbocycles. The molecule has 0 fully saturated rings. The molecule has 1 amide bonds. The molecule has 5 nitrogen and oxygen atoms in total. The maximum absolute atomic E-state index is 12.2. The van der Waals surface area contributed by atoms with E-state index in [1.165, 1.54) is 17.3 Å². The van der Waals surface area contributed by atoms with Crippen molar-refractivity contribution in [2.75, 3.05) is 11.1 Å². The minimum absolute atomic E-state index is 0.0974. The van der Waals surface area contributed by atoms with Gasteiger partial charge in [-0.1, -0.05) is 86.1 Å². The van der Waals surface area contributed by atoms with Gasteiger partial charge in [0.2, 0.25) is 11.1 Å². The van der Waals surface area contributed by atoms with E-state index >= 15 is 0 Å². The number of aromatic nitrogens is 3. The average molecular weight is 435 g/mol. The number of hydrogen-bond donors (Lipinski definition) is 2. The second kappa shape index (κ2) is 8.55. The van der Waals surface area contributed by atoms with Crippen molar-refractivity contribution in [2.45, 2.75) is 31.3 Å². The fourth-order valence-corrected chi connectivity index (χ4v) is 3.43. The predicted molar refractivity (Wildman–Crippen MR) is 116 cm³/mol. The summed E-state index contributed by atoms with van der Waals surface area (Å²) in [4.78, 5) is 16.6. The highest BCUT2D eigenvalue weighted by molar-refractivity contribution is 7.99. The third-order valence-electron chi connectivity index (χ3n) is 4.05. The van der Waals surface area contributed by atoms with E-state index in [-0.39, 0.29) is 17.1 Å². The number of nitrogens with zero attached hydrogens (tertiary/aromatic N) is 2. The number of aromatic amines is 1. The molecular weight excluding hydrogens is 415 g/mol. The maximum atomic E-state index is 12.2. The first-order valence-corrected chi connectivity index (χ1v) is 10.4. The molecule has 0 radical (unpaired) electrons. The average Bonchev–Trinajstić information content (AvgIpc) is 3.12. The van der Waals surface area contributed by atoms with Gasteiger partial charge in [0.1, 0.15) is 0 Å². The lowest BCUT2D eigenvalue weighted by Gasteiger charge is -2.18. The van der Waals surface area contributed by atoms with Crippen LogP contribution in [0.4, 0.5) is 5.69 Å². The number of H-pyrrole nitrogens is 1. The number of carbonyl (C=O) groups is 1. The number of halogens is 2. The van der Waals surface area contributed by atoms with Crippen LogP contribution >= 0.6 is 35.0 Å². The van der Waals surface area contributed by atoms with Gasteiger partial charge in [-0.15, -0.1) is 5.10 Å². The lowest BCUT2D eigenvalue weighted by atomic mass is 9.87. The molecule has 8 heteroatoms. The van der Waals surface area contributed by atoms with Crippen molar-refractivity contribution in [3.63, 3.8) is 0 Å². The molecule has 0 aliphatic rings. The molecule has 1 aromatic heterocycles. The van der Waals surface area contributed by atoms with Crippen molar-refractivity contribution in [2.24, 2.45) is 0 Å². The standard InChI is InChI=1S/C20H20Cl2N4OS/c1-20(2,3)13-9-7-12(8-10-13)18-24-19(26-25-18)28-11-16(27)23-15-6-4-5-14(21)17(15)22/h4-10H,11H2,1-3H3,(H,23,27)(H,24,25,26). The zero-order valence-electron chi connectivity index (χ0n) is 15.7. The zero-order chi connectivity index (χ0) is 20.3. The fraction of sp³-hybridized carbons (Fsp3) is 0.250. The first-order chi connectivity index (χ1) is 13.2. The van der Waals surface area contributed by atoms with Crippen LogP contribution in [0, 0.1) is 0 Å². The molecule has 28 heavy (non-hydrogen) atoms. The first-order valence-electron chi connectivity index (χ1n) is 8.64. The van der Waals surface area contributed by atoms with Crippen LogP contribution in [0.3, 0.4) is 0 Å². The van der Waals surface area contributed by atoms with Crippen molar-refractivity contribution in [3.8, 4) is 11.4 Å². The Hall–Kier alpha value is -2.02. The number of amides is 1. The Morgan fingerprint density at radius 1 is 1.14 bits per heavy atom. The van der Waals surface area contributed by atoms with Crippen molar-refractivity contribution >= 4 is 46.6 Å². The lowest BCUT2D eigenvalue weighted by Crippen LogP contribution is -2.14. The maximum Gasteiger partial charge on any atom is 0.234 e. The second-order valence-corrected chi connectivity index (χ2v) is 8.96. The molecule has 0 spiro atoms. The van der Waals surface area contributed by atoms with Crippen LogP contribution in [0.2, 0.25) is 10.0 Å². The van der Waals surface area contributed by atoms with Crippen molar-refractivity contribution < 1.29 is 4.79 Å². The Morgan fingerprint density at radius 3 is 2.54 bits per heavy atom. The highest BCUT2D eigenvalue weighted by Gasteiger charge is 2.15. The molecule has 2 N–H and O–H groups in total. The molecule has 146 valence electrons. The third kappa shape index (κ3) is 5.07. The molecule has 0 saturated heterocycles. The highest BCUT2D eigenvalue weighted by atomic mass is 35.5. The monoisotopic (exact) mass is 434 g/mol. The molecule has 3 rings (SSSR count). The van der Waals surface area contributed by atoms with Crippen LogP contribution in [0.25, 0.3) is 11.4 Å². The van der Waals surface area contributed by atoms with E-state index in [0.717, 1.165) is 5.56 Å². The molecule has 3 aromatic rings. The van der Waals surface area contributed by atoms with E-state index < -0.39 is 0 Å². The van der Waals surface area contributed by atoms with Crippen LogP contribution in [-0.2, 0) is 10.2 Å². The summed E-state index contributed by atoms with van der Waals surface area (Å²) in [6.45, 7) is 6.52. The normalized spacial score (nSPS) is 11.5. The van der Waals surface area contributed by atoms with Crippen molar-refractivity contribution in [1.29, 1.82) is 0 Å². The van der Waals surface area contributed by atoms with Crippen LogP contribution < -0.4 is 5.32 Å². The van der Waals surface area contributed by atoms with Gasteiger partial charge < -0.3 is 5.32 Å². The molecule has 0 aliphatic heterocycles. The van der Waals surface area contributed by atoms with Crippen LogP contribution in [0.1, 0.15) is 26.3 Å². The number of benzene rings is 2. The molecular formula is C20H20Cl2N4OS. The van der Waals surface area contributed by atoms with E-state index in [1.54, 1.807) is 18.2 Å². The van der Waals surface area contributed by atoms with Crippen LogP contribution in [-0.4, -0.2) is 26.8 Å². The van der Waals surface area contributed by atoms with Gasteiger partial charge >= 0.3 is 0 Å². The topological polar surface area (TPSA) is 70.7 Å². The summed E-state index contributed by atoms with van der Waals surface area (Å²) in [6, 6.07) is 13.3. The number of nitrogens with one attached hydrogen (secondary N) is 2. The lowest BCUT2D eigenvalue weighted by molar-refractivity contribution is -0.113. The summed E-state index contributed by atoms with van der Waals surface area (Å²) in [5, 5.41) is 11.0. The Morgan fingerprint density at radius 2 is 1.86 bits per heavy atom. The molecule has 0 aliphatic carbocycles. The number of thioether (sulfide) groups is 1. The van der Waals surface area contributed by atoms with Gasteiger partial charge in [-0.25, -0.2) is 4.98 Å². The summed E-state index contributed by atoms with van der Waals surface area (Å²) >= 11 is 13.3. The Bertz CT molecular complexity index is 981. The van der Waals surface area contributed by atoms with Gasteiger partial charge in [0.15, 0.2) is 5.82 Å². The van der Waals surface area contributed by atoms with E-state index in [2.05, 4.69) is 53.4 Å². The summed E-state index contributed by atoms with van der Waals surface area (Å²) in [5.41, 5.74) is 2.78. The molecule has 1 heterocycles. The van der Waals surface area contributed by atoms with Crippen LogP contribution in [0.5, 0.6) is 0 Å². The molecule has 0 atom stereocenters. The summed E-state index contributed by atoms with van der Waals surface area (Å²) < 4.78 is 0. The van der Waals surface area contributed by atoms with Crippen molar-refractivity contribution in [3.05, 3.63) is 58.1 Å². The minimum atomic E-state index is -0.213. The summed E-state index contributed by atoms with van der Waals surface area (Å²) in [6.07, 6.45) is 0. The summed E-state index contributed by atoms with van der Waals surface area (Å²) in [7, 11) is 0. The third-order valence-corrected chi connectivity index (χ3v) is 5.71. The largest absolute Gasteiger partial charge is 0.324 e. The Balaban J connectivity index is 1.60. The Kier molecular flexibility index (Phi) is 6.33. The molecule has 0 bridgehead atoms. The molecule has 0 saturated carbocycles. The quantitative estimate of drug-likeness (QED) is 0.497. The second-order valence-electron chi connectivity index (χ2n) is 7.23. The number of anilines is 1. The highest BCUT2D eigenvalue weighted by Crippen LogP contribution is 2.30. The number of hydrogen-bond acceptors (Lipinski definition) is 4. The van der Waals surface area contributed by atoms with Gasteiger partial charge in [-0.05, 0) is 23.1 Å². The molecule has 0 unspecified atom stereocenters. The first kappa shape index (κ1) is 20.7. The van der Waals surface area contributed by atoms with Gasteiger partial charge in [0.05, 0.1) is 21.5 Å². The van der Waals surface area contributed by atoms with Gasteiger partial charge in [0, 0.05) is 5.56 Å². The van der Waals surface area contributed by atoms with Gasteiger partial charge in [-0.3, -0.25) is 9.89 Å². The van der Waals surface area contributed by atoms with Gasteiger partial charge in [-0.2, -0.15) is 0 Å². The summed E-state index contributed by atoms with van der Waals surface area (Å²) in [5.74, 6) is 0.611.